The lowest BCUT2D eigenvalue weighted by atomic mass is 10.1. The SMILES string of the molecule is CC(O)C(NC(=O)c1ccc(C#Cc2cccc([N+](=O)[O-])c2)cc1)C(=O)NO. The topological polar surface area (TPSA) is 142 Å². The second kappa shape index (κ2) is 9.27. The number of carbonyl (C=O) groups is 2. The van der Waals surface area contributed by atoms with Gasteiger partial charge in [0.2, 0.25) is 0 Å². The van der Waals surface area contributed by atoms with Crippen molar-refractivity contribution in [2.75, 3.05) is 0 Å². The molecule has 4 N–H and O–H groups in total. The highest BCUT2D eigenvalue weighted by molar-refractivity contribution is 5.97. The molecule has 28 heavy (non-hydrogen) atoms. The lowest BCUT2D eigenvalue weighted by molar-refractivity contribution is -0.384. The van der Waals surface area contributed by atoms with Crippen molar-refractivity contribution in [2.24, 2.45) is 0 Å². The van der Waals surface area contributed by atoms with E-state index in [1.54, 1.807) is 18.2 Å². The van der Waals surface area contributed by atoms with Crippen molar-refractivity contribution in [1.82, 2.24) is 10.8 Å². The number of hydrogen-bond donors (Lipinski definition) is 4. The van der Waals surface area contributed by atoms with Crippen LogP contribution in [0.1, 0.15) is 28.4 Å². The fourth-order valence-electron chi connectivity index (χ4n) is 2.25. The molecule has 0 aromatic heterocycles. The number of non-ortho nitro benzene ring substituents is 1. The van der Waals surface area contributed by atoms with Crippen LogP contribution in [-0.4, -0.2) is 39.2 Å². The van der Waals surface area contributed by atoms with Crippen molar-refractivity contribution < 1.29 is 24.8 Å². The number of aliphatic hydroxyl groups excluding tert-OH is 1. The smallest absolute Gasteiger partial charge is 0.270 e. The number of nitrogens with one attached hydrogen (secondary N) is 2. The number of carbonyl (C=O) groups excluding carboxylic acids is 2. The van der Waals surface area contributed by atoms with E-state index in [0.717, 1.165) is 0 Å². The van der Waals surface area contributed by atoms with E-state index in [0.29, 0.717) is 11.1 Å². The average molecular weight is 383 g/mol. The first-order chi connectivity index (χ1) is 13.3. The Morgan fingerprint density at radius 3 is 2.32 bits per heavy atom. The molecule has 0 heterocycles. The van der Waals surface area contributed by atoms with Gasteiger partial charge in [0.1, 0.15) is 6.04 Å². The first-order valence-electron chi connectivity index (χ1n) is 8.11. The molecule has 0 saturated heterocycles. The second-order valence-corrected chi connectivity index (χ2v) is 5.80. The summed E-state index contributed by atoms with van der Waals surface area (Å²) < 4.78 is 0. The number of benzene rings is 2. The maximum absolute atomic E-state index is 12.2. The molecule has 0 aliphatic rings. The van der Waals surface area contributed by atoms with E-state index in [4.69, 9.17) is 5.21 Å². The molecule has 0 aliphatic carbocycles. The molecule has 144 valence electrons. The second-order valence-electron chi connectivity index (χ2n) is 5.80. The minimum absolute atomic E-state index is 0.0570. The molecule has 2 aromatic rings. The van der Waals surface area contributed by atoms with E-state index < -0.39 is 28.9 Å². The van der Waals surface area contributed by atoms with Crippen molar-refractivity contribution in [2.45, 2.75) is 19.1 Å². The predicted molar refractivity (Wildman–Crippen MR) is 98.4 cm³/mol. The highest BCUT2D eigenvalue weighted by Crippen LogP contribution is 2.12. The summed E-state index contributed by atoms with van der Waals surface area (Å²) in [6.45, 7) is 1.30. The molecule has 0 radical (unpaired) electrons. The summed E-state index contributed by atoms with van der Waals surface area (Å²) in [4.78, 5) is 33.9. The molecule has 0 saturated carbocycles. The number of nitro groups is 1. The van der Waals surface area contributed by atoms with Crippen molar-refractivity contribution in [3.8, 4) is 11.8 Å². The molecule has 0 spiro atoms. The normalized spacial score (nSPS) is 12.1. The van der Waals surface area contributed by atoms with Crippen LogP contribution in [0.4, 0.5) is 5.69 Å². The summed E-state index contributed by atoms with van der Waals surface area (Å²) in [6.07, 6.45) is -1.21. The molecule has 2 rings (SSSR count). The lowest BCUT2D eigenvalue weighted by Gasteiger charge is -2.19. The summed E-state index contributed by atoms with van der Waals surface area (Å²) >= 11 is 0. The van der Waals surface area contributed by atoms with E-state index in [1.807, 2.05) is 0 Å². The zero-order valence-corrected chi connectivity index (χ0v) is 14.7. The predicted octanol–water partition coefficient (Wildman–Crippen LogP) is 0.979. The van der Waals surface area contributed by atoms with Crippen LogP contribution in [-0.2, 0) is 4.79 Å². The lowest BCUT2D eigenvalue weighted by Crippen LogP contribution is -2.51. The van der Waals surface area contributed by atoms with Gasteiger partial charge < -0.3 is 10.4 Å². The summed E-state index contributed by atoms with van der Waals surface area (Å²) in [7, 11) is 0. The van der Waals surface area contributed by atoms with Crippen molar-refractivity contribution in [3.05, 3.63) is 75.3 Å². The molecule has 0 bridgehead atoms. The molecular weight excluding hydrogens is 366 g/mol. The molecule has 0 fully saturated rings. The van der Waals surface area contributed by atoms with Crippen molar-refractivity contribution in [1.29, 1.82) is 0 Å². The Morgan fingerprint density at radius 1 is 1.11 bits per heavy atom. The van der Waals surface area contributed by atoms with Crippen molar-refractivity contribution >= 4 is 17.5 Å². The standard InChI is InChI=1S/C19H17N3O6/c1-12(23)17(19(25)21-26)20-18(24)15-9-7-13(8-10-15)5-6-14-3-2-4-16(11-14)22(27)28/h2-4,7-12,17,23,26H,1H3,(H,20,24)(H,21,25). The van der Waals surface area contributed by atoms with Crippen LogP contribution in [0.2, 0.25) is 0 Å². The Balaban J connectivity index is 2.11. The number of aliphatic hydroxyl groups is 1. The fourth-order valence-corrected chi connectivity index (χ4v) is 2.25. The third kappa shape index (κ3) is 5.38. The molecule has 2 atom stereocenters. The number of nitro benzene ring substituents is 1. The largest absolute Gasteiger partial charge is 0.391 e. The van der Waals surface area contributed by atoms with E-state index in [9.17, 15) is 24.8 Å². The zero-order chi connectivity index (χ0) is 20.7. The first kappa shape index (κ1) is 20.6. The Hall–Kier alpha value is -3.74. The average Bonchev–Trinajstić information content (AvgIpc) is 2.70. The van der Waals surface area contributed by atoms with Gasteiger partial charge in [-0.15, -0.1) is 0 Å². The molecular formula is C19H17N3O6. The number of hydrogen-bond acceptors (Lipinski definition) is 6. The number of hydroxylamine groups is 1. The quantitative estimate of drug-likeness (QED) is 0.262. The highest BCUT2D eigenvalue weighted by atomic mass is 16.6. The van der Waals surface area contributed by atoms with E-state index in [-0.39, 0.29) is 11.3 Å². The highest BCUT2D eigenvalue weighted by Gasteiger charge is 2.25. The van der Waals surface area contributed by atoms with Gasteiger partial charge in [-0.25, -0.2) is 5.48 Å². The molecule has 9 nitrogen and oxygen atoms in total. The Kier molecular flexibility index (Phi) is 6.81. The zero-order valence-electron chi connectivity index (χ0n) is 14.7. The summed E-state index contributed by atoms with van der Waals surface area (Å²) in [6, 6.07) is 10.7. The fraction of sp³-hybridized carbons (Fsp3) is 0.158. The van der Waals surface area contributed by atoms with E-state index >= 15 is 0 Å². The van der Waals surface area contributed by atoms with E-state index in [2.05, 4.69) is 17.2 Å². The van der Waals surface area contributed by atoms with Gasteiger partial charge in [-0.05, 0) is 37.3 Å². The van der Waals surface area contributed by atoms with E-state index in [1.165, 1.54) is 42.7 Å². The summed E-state index contributed by atoms with van der Waals surface area (Å²) in [5, 5.41) is 31.3. The van der Waals surface area contributed by atoms with Gasteiger partial charge >= 0.3 is 0 Å². The molecule has 0 aliphatic heterocycles. The minimum atomic E-state index is -1.31. The van der Waals surface area contributed by atoms with Gasteiger partial charge in [-0.2, -0.15) is 0 Å². The molecule has 2 aromatic carbocycles. The molecule has 2 amide bonds. The Bertz CT molecular complexity index is 944. The monoisotopic (exact) mass is 383 g/mol. The van der Waals surface area contributed by atoms with Gasteiger partial charge in [0.15, 0.2) is 0 Å². The van der Waals surface area contributed by atoms with Crippen LogP contribution in [0.5, 0.6) is 0 Å². The minimum Gasteiger partial charge on any atom is -0.391 e. The maximum atomic E-state index is 12.2. The van der Waals surface area contributed by atoms with Crippen LogP contribution >= 0.6 is 0 Å². The van der Waals surface area contributed by atoms with Gasteiger partial charge in [0.05, 0.1) is 11.0 Å². The Morgan fingerprint density at radius 2 is 1.75 bits per heavy atom. The van der Waals surface area contributed by atoms with Gasteiger partial charge in [0.25, 0.3) is 17.5 Å². The first-order valence-corrected chi connectivity index (χ1v) is 8.11. The van der Waals surface area contributed by atoms with Gasteiger partial charge in [-0.3, -0.25) is 24.9 Å². The summed E-state index contributed by atoms with van der Waals surface area (Å²) in [5.74, 6) is 4.08. The van der Waals surface area contributed by atoms with Gasteiger partial charge in [0, 0.05) is 28.8 Å². The third-order valence-corrected chi connectivity index (χ3v) is 3.72. The molecule has 9 heteroatoms. The maximum Gasteiger partial charge on any atom is 0.270 e. The van der Waals surface area contributed by atoms with Crippen LogP contribution in [0, 0.1) is 22.0 Å². The van der Waals surface area contributed by atoms with Crippen LogP contribution in [0.25, 0.3) is 0 Å². The van der Waals surface area contributed by atoms with Crippen LogP contribution in [0.15, 0.2) is 48.5 Å². The van der Waals surface area contributed by atoms with Gasteiger partial charge in [-0.1, -0.05) is 17.9 Å². The number of amides is 2. The summed E-state index contributed by atoms with van der Waals surface area (Å²) in [5.41, 5.74) is 2.59. The number of rotatable bonds is 5. The van der Waals surface area contributed by atoms with Crippen LogP contribution < -0.4 is 10.8 Å². The number of nitrogens with zero attached hydrogens (tertiary/aromatic N) is 1. The molecule has 2 unspecified atom stereocenters. The van der Waals surface area contributed by atoms with Crippen LogP contribution in [0.3, 0.4) is 0 Å². The Labute approximate surface area is 160 Å². The van der Waals surface area contributed by atoms with Crippen molar-refractivity contribution in [3.63, 3.8) is 0 Å². The third-order valence-electron chi connectivity index (χ3n) is 3.72.